The molecule has 8 aromatic rings. The highest BCUT2D eigenvalue weighted by Crippen LogP contribution is 2.56. The summed E-state index contributed by atoms with van der Waals surface area (Å²) in [6, 6.07) is 38.4. The second-order valence-corrected chi connectivity index (χ2v) is 31.2. The van der Waals surface area contributed by atoms with E-state index in [0.29, 0.717) is 26.4 Å². The SMILES string of the molecule is CCCCCCCCc1ccc(OCCCC)c(-c2ccsc2-c2sc(-c3cc(-c4cc(CCCCCCCC)ccc4OCCCC)c(-c4sccc4-c4cc(CCCCCCCC)ccc4OCCCC)s3)cc2-c2cc(CCCCCCCC)ccc2OCCCC)c1. The molecule has 0 bridgehead atoms. The molecule has 0 amide bonds. The predicted octanol–water partition coefficient (Wildman–Crippen LogP) is 29.9. The summed E-state index contributed by atoms with van der Waals surface area (Å²) in [7, 11) is 0. The average Bonchev–Trinajstić information content (AvgIpc) is 1.60. The van der Waals surface area contributed by atoms with Gasteiger partial charge >= 0.3 is 0 Å². The smallest absolute Gasteiger partial charge is 0.127 e. The summed E-state index contributed by atoms with van der Waals surface area (Å²) in [6.45, 7) is 21.1. The molecule has 96 heavy (non-hydrogen) atoms. The zero-order valence-corrected chi connectivity index (χ0v) is 64.2. The number of aryl methyl sites for hydroxylation is 4. The molecular formula is C88H122O4S4. The Morgan fingerprint density at radius 3 is 0.750 bits per heavy atom. The Morgan fingerprint density at radius 2 is 0.479 bits per heavy atom. The van der Waals surface area contributed by atoms with Crippen molar-refractivity contribution < 1.29 is 18.9 Å². The van der Waals surface area contributed by atoms with Gasteiger partial charge in [-0.05, 0) is 183 Å². The number of hydrogen-bond acceptors (Lipinski definition) is 8. The van der Waals surface area contributed by atoms with Crippen LogP contribution in [0.15, 0.2) is 108 Å². The standard InChI is InChI=1S/C88H122O4S4/c1-9-17-25-29-33-37-41-67-45-49-79(89-55-21-13-5)73(61-67)71-53-59-93-85(71)87-77(75-63-69(43-39-35-31-27-19-11-3)47-51-81(75)91-57-23-15-7)65-83(95-87)84-66-78(76-64-70(44-40-36-32-28-20-12-4)48-52-82(76)92-58-24-16-8)88(96-84)86-72(54-60-94-86)74-62-68(42-38-34-30-26-18-10-2)46-50-80(74)90-56-22-14-6/h45-54,59-66H,9-44,55-58H2,1-8H3. The Hall–Kier alpha value is -5.12. The maximum atomic E-state index is 6.98. The van der Waals surface area contributed by atoms with Gasteiger partial charge in [0, 0.05) is 54.3 Å². The highest BCUT2D eigenvalue weighted by Gasteiger charge is 2.28. The minimum atomic E-state index is 0.690. The highest BCUT2D eigenvalue weighted by molar-refractivity contribution is 7.29. The monoisotopic (exact) mass is 1370 g/mol. The van der Waals surface area contributed by atoms with Gasteiger partial charge in [-0.25, -0.2) is 0 Å². The summed E-state index contributed by atoms with van der Waals surface area (Å²) >= 11 is 7.69. The fourth-order valence-electron chi connectivity index (χ4n) is 13.2. The van der Waals surface area contributed by atoms with Crippen LogP contribution in [0.1, 0.15) is 283 Å². The molecule has 0 saturated carbocycles. The zero-order chi connectivity index (χ0) is 67.4. The van der Waals surface area contributed by atoms with Gasteiger partial charge in [-0.15, -0.1) is 45.3 Å². The maximum absolute atomic E-state index is 6.98. The van der Waals surface area contributed by atoms with Crippen LogP contribution in [0, 0.1) is 0 Å². The molecule has 522 valence electrons. The molecule has 0 saturated heterocycles. The molecule has 4 nitrogen and oxygen atoms in total. The number of thiophene rings is 4. The lowest BCUT2D eigenvalue weighted by Crippen LogP contribution is -2.00. The van der Waals surface area contributed by atoms with Gasteiger partial charge in [0.15, 0.2) is 0 Å². The summed E-state index contributed by atoms with van der Waals surface area (Å²) in [5.74, 6) is 3.93. The van der Waals surface area contributed by atoms with E-state index in [1.54, 1.807) is 0 Å². The fraction of sp³-hybridized carbons (Fsp3) is 0.545. The van der Waals surface area contributed by atoms with E-state index in [4.69, 9.17) is 18.9 Å². The van der Waals surface area contributed by atoms with Crippen molar-refractivity contribution in [2.24, 2.45) is 0 Å². The van der Waals surface area contributed by atoms with Crippen LogP contribution in [0.3, 0.4) is 0 Å². The predicted molar refractivity (Wildman–Crippen MR) is 426 cm³/mol. The first kappa shape index (κ1) is 76.6. The quantitative estimate of drug-likeness (QED) is 0.0356. The second kappa shape index (κ2) is 44.1. The molecule has 0 aliphatic rings. The molecule has 0 fully saturated rings. The first-order valence-corrected chi connectivity index (χ1v) is 42.2. The largest absolute Gasteiger partial charge is 0.493 e. The molecule has 4 aromatic carbocycles. The molecule has 0 spiro atoms. The topological polar surface area (TPSA) is 36.9 Å². The third kappa shape index (κ3) is 23.5. The van der Waals surface area contributed by atoms with Gasteiger partial charge in [-0.3, -0.25) is 0 Å². The van der Waals surface area contributed by atoms with Gasteiger partial charge < -0.3 is 18.9 Å². The summed E-state index contributed by atoms with van der Waals surface area (Å²) in [6.07, 6.45) is 43.5. The van der Waals surface area contributed by atoms with E-state index in [0.717, 1.165) is 100 Å². The van der Waals surface area contributed by atoms with Gasteiger partial charge in [-0.2, -0.15) is 0 Å². The van der Waals surface area contributed by atoms with E-state index >= 15 is 0 Å². The van der Waals surface area contributed by atoms with Gasteiger partial charge in [-0.1, -0.05) is 234 Å². The number of unbranched alkanes of at least 4 members (excludes halogenated alkanes) is 24. The third-order valence-corrected chi connectivity index (χ3v) is 23.7. The van der Waals surface area contributed by atoms with Crippen molar-refractivity contribution in [1.82, 2.24) is 0 Å². The van der Waals surface area contributed by atoms with Crippen molar-refractivity contribution in [2.75, 3.05) is 26.4 Å². The summed E-state index contributed by atoms with van der Waals surface area (Å²) < 4.78 is 27.6. The van der Waals surface area contributed by atoms with Gasteiger partial charge in [0.1, 0.15) is 23.0 Å². The summed E-state index contributed by atoms with van der Waals surface area (Å²) in [5.41, 5.74) is 15.4. The Balaban J connectivity index is 1.35. The zero-order valence-electron chi connectivity index (χ0n) is 60.9. The van der Waals surface area contributed by atoms with E-state index in [1.807, 2.05) is 45.3 Å². The molecule has 8 heteroatoms. The van der Waals surface area contributed by atoms with Gasteiger partial charge in [0.25, 0.3) is 0 Å². The van der Waals surface area contributed by atoms with E-state index < -0.39 is 0 Å². The van der Waals surface area contributed by atoms with E-state index in [-0.39, 0.29) is 0 Å². The van der Waals surface area contributed by atoms with Crippen molar-refractivity contribution in [3.8, 4) is 96.8 Å². The van der Waals surface area contributed by atoms with E-state index in [2.05, 4.69) is 163 Å². The van der Waals surface area contributed by atoms with Crippen LogP contribution in [0.2, 0.25) is 0 Å². The van der Waals surface area contributed by atoms with Crippen molar-refractivity contribution in [3.05, 3.63) is 130 Å². The lowest BCUT2D eigenvalue weighted by atomic mass is 9.95. The summed E-state index contributed by atoms with van der Waals surface area (Å²) in [5, 5.41) is 4.66. The first-order chi connectivity index (χ1) is 47.4. The van der Waals surface area contributed by atoms with E-state index in [1.165, 1.54) is 250 Å². The average molecular weight is 1370 g/mol. The lowest BCUT2D eigenvalue weighted by Gasteiger charge is -2.16. The number of hydrogen-bond donors (Lipinski definition) is 0. The fourth-order valence-corrected chi connectivity index (χ4v) is 17.8. The molecule has 0 N–H and O–H groups in total. The van der Waals surface area contributed by atoms with Crippen LogP contribution < -0.4 is 18.9 Å². The van der Waals surface area contributed by atoms with Gasteiger partial charge in [0.2, 0.25) is 0 Å². The van der Waals surface area contributed by atoms with Crippen LogP contribution in [0.5, 0.6) is 23.0 Å². The molecule has 0 radical (unpaired) electrons. The number of ether oxygens (including phenoxy) is 4. The second-order valence-electron chi connectivity index (χ2n) is 27.2. The van der Waals surface area contributed by atoms with E-state index in [9.17, 15) is 0 Å². The Bertz CT molecular complexity index is 3220. The molecule has 0 atom stereocenters. The van der Waals surface area contributed by atoms with Crippen molar-refractivity contribution in [2.45, 2.75) is 287 Å². The Morgan fingerprint density at radius 1 is 0.229 bits per heavy atom. The van der Waals surface area contributed by atoms with Crippen LogP contribution in [0.25, 0.3) is 73.8 Å². The molecule has 4 heterocycles. The molecule has 8 rings (SSSR count). The van der Waals surface area contributed by atoms with Crippen LogP contribution >= 0.6 is 45.3 Å². The van der Waals surface area contributed by atoms with Crippen LogP contribution in [0.4, 0.5) is 0 Å². The van der Waals surface area contributed by atoms with Crippen molar-refractivity contribution in [1.29, 1.82) is 0 Å². The van der Waals surface area contributed by atoms with Crippen molar-refractivity contribution >= 4 is 45.3 Å². The third-order valence-electron chi connectivity index (χ3n) is 19.1. The Labute approximate surface area is 599 Å². The van der Waals surface area contributed by atoms with Gasteiger partial charge in [0.05, 0.1) is 45.9 Å². The lowest BCUT2D eigenvalue weighted by molar-refractivity contribution is 0.310. The number of benzene rings is 4. The number of rotatable bonds is 51. The Kier molecular flexibility index (Phi) is 35.2. The normalized spacial score (nSPS) is 11.5. The molecule has 4 aromatic heterocycles. The molecule has 0 aliphatic carbocycles. The molecular weight excluding hydrogens is 1250 g/mol. The minimum Gasteiger partial charge on any atom is -0.493 e. The molecule has 0 aliphatic heterocycles. The van der Waals surface area contributed by atoms with Crippen LogP contribution in [-0.4, -0.2) is 26.4 Å². The molecule has 0 unspecified atom stereocenters. The first-order valence-electron chi connectivity index (χ1n) is 38.8. The highest BCUT2D eigenvalue weighted by atomic mass is 32.1. The maximum Gasteiger partial charge on any atom is 0.127 e. The summed E-state index contributed by atoms with van der Waals surface area (Å²) in [4.78, 5) is 7.72. The van der Waals surface area contributed by atoms with Crippen molar-refractivity contribution in [3.63, 3.8) is 0 Å². The van der Waals surface area contributed by atoms with Crippen LogP contribution in [-0.2, 0) is 25.7 Å². The minimum absolute atomic E-state index is 0.690.